The van der Waals surface area contributed by atoms with E-state index >= 15 is 0 Å². The SMILES string of the molecule is Cc1nnc(S[C@@H](C)C(=O)Nc2ccc(Cl)cc2C(F)(F)F)n1C1CC1. The van der Waals surface area contributed by atoms with Crippen LogP contribution in [0.1, 0.15) is 37.2 Å². The van der Waals surface area contributed by atoms with Gasteiger partial charge < -0.3 is 9.88 Å². The molecular weight excluding hydrogens is 389 g/mol. The molecule has 0 bridgehead atoms. The molecule has 1 saturated carbocycles. The number of benzene rings is 1. The van der Waals surface area contributed by atoms with Crippen LogP contribution in [0.2, 0.25) is 5.02 Å². The molecule has 0 aliphatic heterocycles. The number of hydrogen-bond acceptors (Lipinski definition) is 4. The predicted molar refractivity (Wildman–Crippen MR) is 93.4 cm³/mol. The van der Waals surface area contributed by atoms with Gasteiger partial charge in [0.2, 0.25) is 5.91 Å². The van der Waals surface area contributed by atoms with Crippen LogP contribution in [-0.2, 0) is 11.0 Å². The molecule has 1 aliphatic rings. The minimum Gasteiger partial charge on any atom is -0.325 e. The normalized spacial score (nSPS) is 15.8. The Morgan fingerprint density at radius 2 is 2.08 bits per heavy atom. The number of anilines is 1. The van der Waals surface area contributed by atoms with Crippen molar-refractivity contribution in [1.82, 2.24) is 14.8 Å². The van der Waals surface area contributed by atoms with Gasteiger partial charge in [-0.2, -0.15) is 13.2 Å². The lowest BCUT2D eigenvalue weighted by Gasteiger charge is -2.16. The molecule has 0 radical (unpaired) electrons. The molecule has 3 rings (SSSR count). The minimum atomic E-state index is -4.62. The van der Waals surface area contributed by atoms with Crippen LogP contribution in [0.25, 0.3) is 0 Å². The Hall–Kier alpha value is -1.74. The van der Waals surface area contributed by atoms with Gasteiger partial charge in [-0.25, -0.2) is 0 Å². The number of rotatable bonds is 5. The number of aromatic nitrogens is 3. The summed E-state index contributed by atoms with van der Waals surface area (Å²) in [4.78, 5) is 12.4. The van der Waals surface area contributed by atoms with E-state index in [0.29, 0.717) is 11.2 Å². The van der Waals surface area contributed by atoms with E-state index in [4.69, 9.17) is 11.6 Å². The van der Waals surface area contributed by atoms with Crippen molar-refractivity contribution >= 4 is 35.0 Å². The van der Waals surface area contributed by atoms with E-state index in [0.717, 1.165) is 30.8 Å². The molecule has 1 aliphatic carbocycles. The van der Waals surface area contributed by atoms with Gasteiger partial charge >= 0.3 is 6.18 Å². The number of nitrogens with one attached hydrogen (secondary N) is 1. The smallest absolute Gasteiger partial charge is 0.325 e. The first kappa shape index (κ1) is 19.0. The predicted octanol–water partition coefficient (Wildman–Crippen LogP) is 4.71. The number of amides is 1. The molecule has 140 valence electrons. The van der Waals surface area contributed by atoms with Crippen molar-refractivity contribution in [2.24, 2.45) is 0 Å². The van der Waals surface area contributed by atoms with Gasteiger partial charge in [-0.15, -0.1) is 10.2 Å². The summed E-state index contributed by atoms with van der Waals surface area (Å²) in [5.41, 5.74) is -1.30. The lowest BCUT2D eigenvalue weighted by Crippen LogP contribution is -2.24. The number of carbonyl (C=O) groups is 1. The Morgan fingerprint density at radius 3 is 2.69 bits per heavy atom. The second kappa shape index (κ2) is 7.11. The number of thioether (sulfide) groups is 1. The van der Waals surface area contributed by atoms with Crippen molar-refractivity contribution in [3.8, 4) is 0 Å². The third kappa shape index (κ3) is 4.15. The van der Waals surface area contributed by atoms with Gasteiger partial charge in [0.1, 0.15) is 5.82 Å². The van der Waals surface area contributed by atoms with E-state index in [1.54, 1.807) is 6.92 Å². The number of aryl methyl sites for hydroxylation is 1. The van der Waals surface area contributed by atoms with Crippen molar-refractivity contribution in [2.75, 3.05) is 5.32 Å². The van der Waals surface area contributed by atoms with Gasteiger partial charge in [-0.05, 0) is 44.9 Å². The molecule has 5 nitrogen and oxygen atoms in total. The van der Waals surface area contributed by atoms with Crippen molar-refractivity contribution in [1.29, 1.82) is 0 Å². The Morgan fingerprint density at radius 1 is 1.38 bits per heavy atom. The van der Waals surface area contributed by atoms with Gasteiger partial charge in [0.15, 0.2) is 5.16 Å². The molecule has 1 heterocycles. The fourth-order valence-electron chi connectivity index (χ4n) is 2.49. The third-order valence-electron chi connectivity index (χ3n) is 3.94. The Bertz CT molecular complexity index is 835. The Balaban J connectivity index is 1.74. The highest BCUT2D eigenvalue weighted by Gasteiger charge is 2.35. The Kier molecular flexibility index (Phi) is 5.21. The maximum Gasteiger partial charge on any atom is 0.418 e. The summed E-state index contributed by atoms with van der Waals surface area (Å²) in [5, 5.41) is 10.3. The second-order valence-corrected chi connectivity index (χ2v) is 7.81. The van der Waals surface area contributed by atoms with Crippen LogP contribution in [0.15, 0.2) is 23.4 Å². The first-order valence-corrected chi connectivity index (χ1v) is 9.18. The van der Waals surface area contributed by atoms with Gasteiger partial charge in [0.25, 0.3) is 0 Å². The first-order valence-electron chi connectivity index (χ1n) is 7.92. The fraction of sp³-hybridized carbons (Fsp3) is 0.438. The molecule has 0 saturated heterocycles. The molecule has 26 heavy (non-hydrogen) atoms. The number of nitrogens with zero attached hydrogens (tertiary/aromatic N) is 3. The number of hydrogen-bond donors (Lipinski definition) is 1. The standard InChI is InChI=1S/C16H16ClF3N4OS/c1-8(26-15-23-22-9(2)24(15)11-4-5-11)14(25)21-13-6-3-10(17)7-12(13)16(18,19)20/h3,6-8,11H,4-5H2,1-2H3,(H,21,25)/t8-/m0/s1. The monoisotopic (exact) mass is 404 g/mol. The first-order chi connectivity index (χ1) is 12.2. The van der Waals surface area contributed by atoms with E-state index in [9.17, 15) is 18.0 Å². The van der Waals surface area contributed by atoms with Crippen molar-refractivity contribution < 1.29 is 18.0 Å². The van der Waals surface area contributed by atoms with Crippen LogP contribution in [0.3, 0.4) is 0 Å². The molecule has 10 heteroatoms. The number of alkyl halides is 3. The lowest BCUT2D eigenvalue weighted by molar-refractivity contribution is -0.137. The van der Waals surface area contributed by atoms with Crippen LogP contribution in [0.5, 0.6) is 0 Å². The zero-order valence-electron chi connectivity index (χ0n) is 14.0. The quantitative estimate of drug-likeness (QED) is 0.733. The fourth-order valence-corrected chi connectivity index (χ4v) is 3.63. The second-order valence-electron chi connectivity index (χ2n) is 6.07. The van der Waals surface area contributed by atoms with Crippen LogP contribution < -0.4 is 5.32 Å². The molecule has 1 atom stereocenters. The highest BCUT2D eigenvalue weighted by Crippen LogP contribution is 2.40. The van der Waals surface area contributed by atoms with Crippen LogP contribution in [-0.4, -0.2) is 25.9 Å². The van der Waals surface area contributed by atoms with Crippen LogP contribution in [0, 0.1) is 6.92 Å². The van der Waals surface area contributed by atoms with Crippen molar-refractivity contribution in [3.05, 3.63) is 34.6 Å². The van der Waals surface area contributed by atoms with E-state index in [1.807, 2.05) is 11.5 Å². The van der Waals surface area contributed by atoms with Crippen molar-refractivity contribution in [2.45, 2.75) is 49.3 Å². The third-order valence-corrected chi connectivity index (χ3v) is 5.24. The summed E-state index contributed by atoms with van der Waals surface area (Å²) in [7, 11) is 0. The lowest BCUT2D eigenvalue weighted by atomic mass is 10.1. The summed E-state index contributed by atoms with van der Waals surface area (Å²) in [6.45, 7) is 3.45. The van der Waals surface area contributed by atoms with E-state index < -0.39 is 22.9 Å². The number of carbonyl (C=O) groups excluding carboxylic acids is 1. The highest BCUT2D eigenvalue weighted by atomic mass is 35.5. The zero-order valence-corrected chi connectivity index (χ0v) is 15.5. The number of halogens is 4. The maximum absolute atomic E-state index is 13.1. The minimum absolute atomic E-state index is 0.0502. The summed E-state index contributed by atoms with van der Waals surface area (Å²) in [5.74, 6) is 0.213. The summed E-state index contributed by atoms with van der Waals surface area (Å²) in [6, 6.07) is 3.59. The molecule has 2 aromatic rings. The molecular formula is C16H16ClF3N4OS. The van der Waals surface area contributed by atoms with E-state index in [1.165, 1.54) is 17.8 Å². The summed E-state index contributed by atoms with van der Waals surface area (Å²) in [6.07, 6.45) is -2.55. The molecule has 1 fully saturated rings. The average Bonchev–Trinajstić information content (AvgIpc) is 3.32. The highest BCUT2D eigenvalue weighted by molar-refractivity contribution is 8.00. The zero-order chi connectivity index (χ0) is 19.1. The van der Waals surface area contributed by atoms with Gasteiger partial charge in [-0.1, -0.05) is 23.4 Å². The van der Waals surface area contributed by atoms with Crippen LogP contribution in [0.4, 0.5) is 18.9 Å². The largest absolute Gasteiger partial charge is 0.418 e. The summed E-state index contributed by atoms with van der Waals surface area (Å²) < 4.78 is 41.4. The summed E-state index contributed by atoms with van der Waals surface area (Å²) >= 11 is 6.82. The molecule has 1 aromatic carbocycles. The maximum atomic E-state index is 13.1. The molecule has 0 unspecified atom stereocenters. The average molecular weight is 405 g/mol. The van der Waals surface area contributed by atoms with Crippen molar-refractivity contribution in [3.63, 3.8) is 0 Å². The van der Waals surface area contributed by atoms with E-state index in [-0.39, 0.29) is 10.7 Å². The van der Waals surface area contributed by atoms with E-state index in [2.05, 4.69) is 15.5 Å². The topological polar surface area (TPSA) is 59.8 Å². The van der Waals surface area contributed by atoms with Gasteiger partial charge in [-0.3, -0.25) is 4.79 Å². The van der Waals surface area contributed by atoms with Gasteiger partial charge in [0, 0.05) is 11.1 Å². The van der Waals surface area contributed by atoms with Crippen LogP contribution >= 0.6 is 23.4 Å². The Labute approximate surface area is 157 Å². The molecule has 1 amide bonds. The molecule has 1 aromatic heterocycles. The molecule has 1 N–H and O–H groups in total. The van der Waals surface area contributed by atoms with Gasteiger partial charge in [0.05, 0.1) is 16.5 Å². The molecule has 0 spiro atoms.